The minimum atomic E-state index is -4.53. The second-order valence-corrected chi connectivity index (χ2v) is 18.1. The first-order valence-corrected chi connectivity index (χ1v) is 23.1. The van der Waals surface area contributed by atoms with E-state index < -0.39 is 29.0 Å². The summed E-state index contributed by atoms with van der Waals surface area (Å²) in [6, 6.07) is 12.9. The fraction of sp³-hybridized carbons (Fsp3) is 0.458. The smallest absolute Gasteiger partial charge is 0.416 e. The molecule has 4 N–H and O–H groups in total. The van der Waals surface area contributed by atoms with Crippen LogP contribution >= 0.6 is 11.6 Å². The highest BCUT2D eigenvalue weighted by molar-refractivity contribution is 6.32. The average molecular weight is 946 g/mol. The molecule has 2 aliphatic heterocycles. The highest BCUT2D eigenvalue weighted by atomic mass is 35.5. The molecule has 2 aromatic heterocycles. The number of hydrogen-bond acceptors (Lipinski definition) is 11. The van der Waals surface area contributed by atoms with Crippen LogP contribution in [0.2, 0.25) is 5.02 Å². The fourth-order valence-corrected chi connectivity index (χ4v) is 9.78. The van der Waals surface area contributed by atoms with Gasteiger partial charge in [0.05, 0.1) is 47.7 Å². The Bertz CT molecular complexity index is 2740. The third kappa shape index (κ3) is 10.9. The lowest BCUT2D eigenvalue weighted by Gasteiger charge is -2.38. The van der Waals surface area contributed by atoms with Crippen LogP contribution in [0.3, 0.4) is 0 Å². The van der Waals surface area contributed by atoms with Crippen molar-refractivity contribution in [3.05, 3.63) is 115 Å². The molecule has 5 aromatic rings. The Morgan fingerprint density at radius 2 is 1.66 bits per heavy atom. The maximum atomic E-state index is 13.8. The van der Waals surface area contributed by atoms with Gasteiger partial charge < -0.3 is 30.3 Å². The van der Waals surface area contributed by atoms with Gasteiger partial charge in [0.1, 0.15) is 17.4 Å². The minimum Gasteiger partial charge on any atom is -0.496 e. The van der Waals surface area contributed by atoms with Gasteiger partial charge in [0.2, 0.25) is 5.91 Å². The highest BCUT2D eigenvalue weighted by Gasteiger charge is 2.34. The number of nitrogens with one attached hydrogen (secondary N) is 2. The molecule has 15 nitrogen and oxygen atoms in total. The monoisotopic (exact) mass is 945 g/mol. The lowest BCUT2D eigenvalue weighted by Crippen LogP contribution is -2.51. The van der Waals surface area contributed by atoms with Gasteiger partial charge in [-0.15, -0.1) is 0 Å². The van der Waals surface area contributed by atoms with Gasteiger partial charge in [-0.05, 0) is 112 Å². The first kappa shape index (κ1) is 47.5. The number of aromatic nitrogens is 4. The predicted molar refractivity (Wildman–Crippen MR) is 249 cm³/mol. The van der Waals surface area contributed by atoms with Crippen LogP contribution in [0.4, 0.5) is 24.7 Å². The van der Waals surface area contributed by atoms with Gasteiger partial charge in [0.25, 0.3) is 11.5 Å². The summed E-state index contributed by atoms with van der Waals surface area (Å²) < 4.78 is 54.1. The van der Waals surface area contributed by atoms with Crippen LogP contribution in [0.15, 0.2) is 70.4 Å². The minimum absolute atomic E-state index is 0.0234. The first-order valence-electron chi connectivity index (χ1n) is 22.7. The van der Waals surface area contributed by atoms with Crippen LogP contribution in [0, 0.1) is 12.8 Å². The number of ether oxygens (including phenoxy) is 2. The number of nitrogens with two attached hydrogens (primary N) is 1. The summed E-state index contributed by atoms with van der Waals surface area (Å²) in [7, 11) is 1.62. The van der Waals surface area contributed by atoms with Gasteiger partial charge in [-0.3, -0.25) is 28.8 Å². The van der Waals surface area contributed by atoms with Crippen LogP contribution in [-0.4, -0.2) is 112 Å². The summed E-state index contributed by atoms with van der Waals surface area (Å²) in [5.74, 6) is 1.77. The van der Waals surface area contributed by atoms with Crippen LogP contribution in [0.5, 0.6) is 5.75 Å². The number of fused-ring (bicyclic) bond motifs is 1. The van der Waals surface area contributed by atoms with E-state index in [1.807, 2.05) is 17.0 Å². The summed E-state index contributed by atoms with van der Waals surface area (Å²) in [4.78, 5) is 68.7. The molecule has 1 atom stereocenters. The van der Waals surface area contributed by atoms with Gasteiger partial charge >= 0.3 is 11.9 Å². The van der Waals surface area contributed by atoms with E-state index in [1.54, 1.807) is 44.1 Å². The van der Waals surface area contributed by atoms with Crippen molar-refractivity contribution in [2.45, 2.75) is 76.6 Å². The van der Waals surface area contributed by atoms with E-state index in [0.717, 1.165) is 68.4 Å². The van der Waals surface area contributed by atoms with Crippen molar-refractivity contribution in [1.29, 1.82) is 0 Å². The van der Waals surface area contributed by atoms with E-state index in [2.05, 4.69) is 25.2 Å². The van der Waals surface area contributed by atoms with E-state index in [1.165, 1.54) is 22.9 Å². The number of piperidine rings is 1. The number of amides is 2. The zero-order valence-electron chi connectivity index (χ0n) is 37.7. The molecule has 356 valence electrons. The molecule has 3 aliphatic rings. The average Bonchev–Trinajstić information content (AvgIpc) is 3.31. The number of alkyl halides is 3. The molecule has 2 saturated heterocycles. The van der Waals surface area contributed by atoms with E-state index in [4.69, 9.17) is 26.8 Å². The number of hydrogen-bond donors (Lipinski definition) is 3. The molecule has 19 heteroatoms. The Kier molecular flexibility index (Phi) is 14.2. The Labute approximate surface area is 390 Å². The van der Waals surface area contributed by atoms with Crippen LogP contribution in [-0.2, 0) is 15.7 Å². The number of aryl methyl sites for hydroxylation is 1. The molecule has 3 fully saturated rings. The third-order valence-electron chi connectivity index (χ3n) is 13.3. The number of aromatic amines is 1. The van der Waals surface area contributed by atoms with E-state index in [9.17, 15) is 32.3 Å². The lowest BCUT2D eigenvalue weighted by molar-refractivity contribution is -0.139. The van der Waals surface area contributed by atoms with Gasteiger partial charge in [0, 0.05) is 86.7 Å². The summed E-state index contributed by atoms with van der Waals surface area (Å²) in [6.07, 6.45) is 1.27. The molecule has 0 bridgehead atoms. The number of anilines is 2. The van der Waals surface area contributed by atoms with E-state index in [-0.39, 0.29) is 40.5 Å². The standard InChI is InChI=1S/C48H55ClF3N9O6/c1-28(33-22-34(48(50,51)52)25-35(53)23-33)54-44-38-26-37(42(66-3)27-40(38)55-29(2)56-44)30-4-6-31(7-5-30)45(63)60-18-16-58(17-19-60)20-21-67-36-10-13-59(14-11-36)46(64)32-8-9-39(49)41(24-32)61-15-12-43(62)57-47(61)65/h8-9,12,15,22-28,30-31,36H,4-7,10-11,13-14,16-21,53H2,1-3H3,(H,54,55,56)(H,57,62,65)/t28-,30?,31?/m1/s1. The number of piperazine rings is 1. The molecule has 0 radical (unpaired) electrons. The van der Waals surface area contributed by atoms with Crippen molar-refractivity contribution >= 4 is 45.8 Å². The maximum Gasteiger partial charge on any atom is 0.416 e. The quantitative estimate of drug-likeness (QED) is 0.110. The van der Waals surface area contributed by atoms with Gasteiger partial charge in [-0.2, -0.15) is 13.2 Å². The molecule has 2 amide bonds. The Morgan fingerprint density at radius 1 is 0.925 bits per heavy atom. The van der Waals surface area contributed by atoms with Crippen molar-refractivity contribution in [2.24, 2.45) is 5.92 Å². The molecule has 67 heavy (non-hydrogen) atoms. The molecule has 0 spiro atoms. The predicted octanol–water partition coefficient (Wildman–Crippen LogP) is 6.95. The van der Waals surface area contributed by atoms with E-state index in [0.29, 0.717) is 85.4 Å². The van der Waals surface area contributed by atoms with Gasteiger partial charge in [-0.1, -0.05) is 11.6 Å². The topological polar surface area (TPSA) is 181 Å². The van der Waals surface area contributed by atoms with Crippen molar-refractivity contribution < 1.29 is 32.2 Å². The summed E-state index contributed by atoms with van der Waals surface area (Å²) in [6.45, 7) is 8.71. The lowest BCUT2D eigenvalue weighted by atomic mass is 9.77. The molecule has 1 aliphatic carbocycles. The summed E-state index contributed by atoms with van der Waals surface area (Å²) >= 11 is 6.35. The Hall–Kier alpha value is -5.98. The number of nitrogen functional groups attached to an aromatic ring is 1. The highest BCUT2D eigenvalue weighted by Crippen LogP contribution is 2.43. The molecule has 1 saturated carbocycles. The first-order chi connectivity index (χ1) is 32.0. The van der Waals surface area contributed by atoms with Crippen molar-refractivity contribution in [3.8, 4) is 11.4 Å². The molecular formula is C48H55ClF3N9O6. The molecule has 0 unspecified atom stereocenters. The summed E-state index contributed by atoms with van der Waals surface area (Å²) in [5, 5.41) is 4.31. The third-order valence-corrected chi connectivity index (χ3v) is 13.6. The number of rotatable bonds is 12. The second kappa shape index (κ2) is 20.1. The van der Waals surface area contributed by atoms with Crippen molar-refractivity contribution in [3.63, 3.8) is 0 Å². The fourth-order valence-electron chi connectivity index (χ4n) is 9.57. The molecular weight excluding hydrogens is 891 g/mol. The van der Waals surface area contributed by atoms with Gasteiger partial charge in [0.15, 0.2) is 0 Å². The molecule has 4 heterocycles. The number of methoxy groups -OCH3 is 1. The van der Waals surface area contributed by atoms with Crippen molar-refractivity contribution in [2.75, 3.05) is 70.6 Å². The Balaban J connectivity index is 0.794. The number of halogens is 4. The zero-order chi connectivity index (χ0) is 47.6. The Morgan fingerprint density at radius 3 is 2.34 bits per heavy atom. The van der Waals surface area contributed by atoms with E-state index >= 15 is 0 Å². The SMILES string of the molecule is COc1cc2nc(C)nc(N[C@H](C)c3cc(N)cc(C(F)(F)F)c3)c2cc1C1CCC(C(=O)N2CCN(CCOC3CCN(C(=O)c4ccc(Cl)c(-n5ccc(=O)[nH]c5=O)c4)CC3)CC2)CC1. The zero-order valence-corrected chi connectivity index (χ0v) is 38.5. The molecule has 8 rings (SSSR count). The van der Waals surface area contributed by atoms with Crippen LogP contribution < -0.4 is 27.0 Å². The van der Waals surface area contributed by atoms with Crippen molar-refractivity contribution in [1.82, 2.24) is 34.2 Å². The number of H-pyrrole nitrogens is 1. The number of likely N-dealkylation sites (tertiary alicyclic amines) is 1. The van der Waals surface area contributed by atoms with Crippen LogP contribution in [0.25, 0.3) is 16.6 Å². The number of nitrogens with zero attached hydrogens (tertiary/aromatic N) is 6. The molecule has 3 aromatic carbocycles. The number of carbonyl (C=O) groups is 2. The second-order valence-electron chi connectivity index (χ2n) is 17.7. The van der Waals surface area contributed by atoms with Crippen LogP contribution in [0.1, 0.15) is 90.3 Å². The van der Waals surface area contributed by atoms with Gasteiger partial charge in [-0.25, -0.2) is 14.8 Å². The maximum absolute atomic E-state index is 13.8. The number of benzene rings is 3. The number of carbonyl (C=O) groups excluding carboxylic acids is 2. The summed E-state index contributed by atoms with van der Waals surface area (Å²) in [5.41, 5.74) is 6.61. The largest absolute Gasteiger partial charge is 0.496 e. The normalized spacial score (nSPS) is 19.1.